The van der Waals surface area contributed by atoms with Crippen molar-refractivity contribution in [1.82, 2.24) is 4.90 Å². The van der Waals surface area contributed by atoms with E-state index in [0.29, 0.717) is 5.76 Å². The fourth-order valence-electron chi connectivity index (χ4n) is 4.12. The number of hydrogen-bond acceptors (Lipinski definition) is 4. The molecule has 4 rings (SSSR count). The van der Waals surface area contributed by atoms with Crippen LogP contribution in [0, 0.1) is 20.8 Å². The Labute approximate surface area is 176 Å². The Morgan fingerprint density at radius 2 is 1.79 bits per heavy atom. The molecule has 5 heteroatoms. The van der Waals surface area contributed by atoms with Crippen molar-refractivity contribution in [3.05, 3.63) is 75.6 Å². The number of rotatable bonds is 5. The lowest BCUT2D eigenvalue weighted by atomic mass is 9.92. The van der Waals surface area contributed by atoms with Gasteiger partial charge in [0.15, 0.2) is 5.76 Å². The fraction of sp³-hybridized carbons (Fsp3) is 0.375. The summed E-state index contributed by atoms with van der Waals surface area (Å²) in [7, 11) is 0. The smallest absolute Gasteiger partial charge is 0.291 e. The molecule has 29 heavy (non-hydrogen) atoms. The lowest BCUT2D eigenvalue weighted by Gasteiger charge is -2.36. The molecule has 1 amide bonds. The maximum absolute atomic E-state index is 12.7. The summed E-state index contributed by atoms with van der Waals surface area (Å²) in [6, 6.07) is 12.4. The van der Waals surface area contributed by atoms with E-state index in [0.717, 1.165) is 18.1 Å². The van der Waals surface area contributed by atoms with Crippen LogP contribution in [-0.4, -0.2) is 23.9 Å². The predicted molar refractivity (Wildman–Crippen MR) is 119 cm³/mol. The van der Waals surface area contributed by atoms with Crippen molar-refractivity contribution in [2.75, 3.05) is 18.4 Å². The van der Waals surface area contributed by atoms with Crippen LogP contribution in [0.4, 0.5) is 5.00 Å². The average molecular weight is 409 g/mol. The van der Waals surface area contributed by atoms with Crippen molar-refractivity contribution in [2.45, 2.75) is 46.1 Å². The van der Waals surface area contributed by atoms with Crippen molar-refractivity contribution < 1.29 is 9.21 Å². The topological polar surface area (TPSA) is 45.5 Å². The van der Waals surface area contributed by atoms with Crippen LogP contribution < -0.4 is 5.32 Å². The minimum absolute atomic E-state index is 0.146. The third-order valence-corrected chi connectivity index (χ3v) is 6.96. The highest BCUT2D eigenvalue weighted by molar-refractivity contribution is 7.16. The number of piperidine rings is 1. The molecule has 0 aliphatic carbocycles. The fourth-order valence-corrected chi connectivity index (χ4v) is 5.21. The van der Waals surface area contributed by atoms with Crippen LogP contribution in [0.25, 0.3) is 0 Å². The SMILES string of the molecule is Cc1ccc([C@@H](c2c(NC(=O)c3ccco3)sc(C)c2C)N2CCCCC2)cc1. The van der Waals surface area contributed by atoms with Crippen molar-refractivity contribution in [3.8, 4) is 0 Å². The van der Waals surface area contributed by atoms with Crippen molar-refractivity contribution in [1.29, 1.82) is 0 Å². The third kappa shape index (κ3) is 4.16. The number of thiophene rings is 1. The number of carbonyl (C=O) groups excluding carboxylic acids is 1. The highest BCUT2D eigenvalue weighted by atomic mass is 32.1. The summed E-state index contributed by atoms with van der Waals surface area (Å²) in [6.45, 7) is 8.59. The molecule has 152 valence electrons. The van der Waals surface area contributed by atoms with Gasteiger partial charge < -0.3 is 9.73 Å². The molecule has 0 spiro atoms. The Bertz CT molecular complexity index is 967. The summed E-state index contributed by atoms with van der Waals surface area (Å²) < 4.78 is 5.30. The van der Waals surface area contributed by atoms with Gasteiger partial charge in [0.1, 0.15) is 5.00 Å². The first kappa shape index (κ1) is 19.9. The van der Waals surface area contributed by atoms with Gasteiger partial charge in [0.2, 0.25) is 0 Å². The number of carbonyl (C=O) groups is 1. The molecule has 2 aromatic heterocycles. The second-order valence-electron chi connectivity index (χ2n) is 7.87. The molecular formula is C24H28N2O2S. The third-order valence-electron chi connectivity index (χ3n) is 5.83. The molecule has 1 atom stereocenters. The Hall–Kier alpha value is -2.37. The Balaban J connectivity index is 1.77. The van der Waals surface area contributed by atoms with Gasteiger partial charge in [0.05, 0.1) is 12.3 Å². The molecule has 1 aliphatic heterocycles. The molecular weight excluding hydrogens is 380 g/mol. The van der Waals surface area contributed by atoms with E-state index in [1.807, 2.05) is 0 Å². The maximum Gasteiger partial charge on any atom is 0.291 e. The summed E-state index contributed by atoms with van der Waals surface area (Å²) in [6.07, 6.45) is 5.27. The summed E-state index contributed by atoms with van der Waals surface area (Å²) in [5.41, 5.74) is 5.03. The monoisotopic (exact) mass is 408 g/mol. The van der Waals surface area contributed by atoms with Crippen molar-refractivity contribution in [3.63, 3.8) is 0 Å². The first-order valence-corrected chi connectivity index (χ1v) is 11.1. The largest absolute Gasteiger partial charge is 0.459 e. The van der Waals surface area contributed by atoms with Crippen molar-refractivity contribution >= 4 is 22.2 Å². The molecule has 1 aromatic carbocycles. The highest BCUT2D eigenvalue weighted by Crippen LogP contribution is 2.43. The van der Waals surface area contributed by atoms with Gasteiger partial charge in [-0.1, -0.05) is 36.2 Å². The molecule has 0 unspecified atom stereocenters. The molecule has 0 saturated carbocycles. The number of nitrogens with zero attached hydrogens (tertiary/aromatic N) is 1. The van der Waals surface area contributed by atoms with E-state index >= 15 is 0 Å². The molecule has 1 N–H and O–H groups in total. The Morgan fingerprint density at radius 3 is 2.45 bits per heavy atom. The predicted octanol–water partition coefficient (Wildman–Crippen LogP) is 6.09. The molecule has 0 radical (unpaired) electrons. The second-order valence-corrected chi connectivity index (χ2v) is 9.09. The molecule has 1 aliphatic rings. The minimum Gasteiger partial charge on any atom is -0.459 e. The van der Waals surface area contributed by atoms with E-state index in [2.05, 4.69) is 55.3 Å². The molecule has 3 heterocycles. The highest BCUT2D eigenvalue weighted by Gasteiger charge is 2.30. The number of benzene rings is 1. The van der Waals surface area contributed by atoms with Gasteiger partial charge >= 0.3 is 0 Å². The average Bonchev–Trinajstić information content (AvgIpc) is 3.35. The summed E-state index contributed by atoms with van der Waals surface area (Å²) in [5.74, 6) is 0.142. The van der Waals surface area contributed by atoms with E-state index in [1.165, 1.54) is 52.7 Å². The van der Waals surface area contributed by atoms with Crippen LogP contribution in [0.15, 0.2) is 47.1 Å². The zero-order valence-corrected chi connectivity index (χ0v) is 18.1. The molecule has 0 bridgehead atoms. The van der Waals surface area contributed by atoms with Gasteiger partial charge in [-0.2, -0.15) is 0 Å². The van der Waals surface area contributed by atoms with E-state index in [9.17, 15) is 4.79 Å². The van der Waals surface area contributed by atoms with Gasteiger partial charge in [0, 0.05) is 10.4 Å². The number of aryl methyl sites for hydroxylation is 2. The maximum atomic E-state index is 12.7. The minimum atomic E-state index is -0.196. The molecule has 1 fully saturated rings. The quantitative estimate of drug-likeness (QED) is 0.555. The van der Waals surface area contributed by atoms with E-state index in [4.69, 9.17) is 4.42 Å². The van der Waals surface area contributed by atoms with Gasteiger partial charge in [-0.05, 0) is 70.0 Å². The standard InChI is InChI=1S/C24H28N2O2S/c1-16-9-11-19(12-10-16)22(26-13-5-4-6-14-26)21-17(2)18(3)29-24(21)25-23(27)20-8-7-15-28-20/h7-12,15,22H,4-6,13-14H2,1-3H3,(H,25,27)/t22-/m0/s1. The molecule has 4 nitrogen and oxygen atoms in total. The van der Waals surface area contributed by atoms with Crippen LogP contribution in [0.5, 0.6) is 0 Å². The van der Waals surface area contributed by atoms with Crippen LogP contribution in [-0.2, 0) is 0 Å². The number of amides is 1. The van der Waals surface area contributed by atoms with Gasteiger partial charge in [0.25, 0.3) is 5.91 Å². The summed E-state index contributed by atoms with van der Waals surface area (Å²) in [5, 5.41) is 4.06. The van der Waals surface area contributed by atoms with E-state index in [1.54, 1.807) is 23.5 Å². The number of hydrogen-bond donors (Lipinski definition) is 1. The first-order chi connectivity index (χ1) is 14.0. The van der Waals surface area contributed by atoms with E-state index in [-0.39, 0.29) is 11.9 Å². The Kier molecular flexibility index (Phi) is 5.88. The number of anilines is 1. The van der Waals surface area contributed by atoms with Crippen LogP contribution >= 0.6 is 11.3 Å². The Morgan fingerprint density at radius 1 is 1.07 bits per heavy atom. The lowest BCUT2D eigenvalue weighted by molar-refractivity contribution is 0.0996. The zero-order valence-electron chi connectivity index (χ0n) is 17.3. The van der Waals surface area contributed by atoms with Gasteiger partial charge in [-0.15, -0.1) is 11.3 Å². The van der Waals surface area contributed by atoms with Crippen molar-refractivity contribution in [2.24, 2.45) is 0 Å². The van der Waals surface area contributed by atoms with Crippen LogP contribution in [0.3, 0.4) is 0 Å². The first-order valence-electron chi connectivity index (χ1n) is 10.3. The number of nitrogens with one attached hydrogen (secondary N) is 1. The van der Waals surface area contributed by atoms with E-state index < -0.39 is 0 Å². The van der Waals surface area contributed by atoms with Crippen LogP contribution in [0.2, 0.25) is 0 Å². The van der Waals surface area contributed by atoms with Crippen LogP contribution in [0.1, 0.15) is 63.0 Å². The number of furan rings is 1. The zero-order chi connectivity index (χ0) is 20.4. The van der Waals surface area contributed by atoms with Gasteiger partial charge in [-0.25, -0.2) is 0 Å². The lowest BCUT2D eigenvalue weighted by Crippen LogP contribution is -2.35. The summed E-state index contributed by atoms with van der Waals surface area (Å²) in [4.78, 5) is 16.5. The number of likely N-dealkylation sites (tertiary alicyclic amines) is 1. The van der Waals surface area contributed by atoms with Gasteiger partial charge in [-0.3, -0.25) is 9.69 Å². The molecule has 1 saturated heterocycles. The summed E-state index contributed by atoms with van der Waals surface area (Å²) >= 11 is 1.66. The molecule has 3 aromatic rings. The normalized spacial score (nSPS) is 16.0. The second kappa shape index (κ2) is 8.56.